The molecule has 8 heteroatoms. The van der Waals surface area contributed by atoms with Gasteiger partial charge in [0.05, 0.1) is 24.6 Å². The molecule has 2 aromatic rings. The Bertz CT molecular complexity index is 742. The molecule has 1 amide bonds. The van der Waals surface area contributed by atoms with Gasteiger partial charge in [0, 0.05) is 24.5 Å². The van der Waals surface area contributed by atoms with Crippen LogP contribution in [0.4, 0.5) is 0 Å². The topological polar surface area (TPSA) is 82.8 Å². The lowest BCUT2D eigenvalue weighted by Gasteiger charge is -2.17. The lowest BCUT2D eigenvalue weighted by molar-refractivity contribution is -0.139. The van der Waals surface area contributed by atoms with E-state index in [2.05, 4.69) is 10.3 Å². The molecule has 1 aromatic heterocycles. The second kappa shape index (κ2) is 12.5. The zero-order chi connectivity index (χ0) is 21.1. The largest absolute Gasteiger partial charge is 0.494 e. The van der Waals surface area contributed by atoms with Crippen molar-refractivity contribution in [2.24, 2.45) is 0 Å². The Labute approximate surface area is 176 Å². The molecular weight excluding hydrogens is 392 g/mol. The van der Waals surface area contributed by atoms with Crippen molar-refractivity contribution in [3.8, 4) is 17.2 Å². The summed E-state index contributed by atoms with van der Waals surface area (Å²) in [5.74, 6) is 3.01. The Morgan fingerprint density at radius 1 is 1.14 bits per heavy atom. The zero-order valence-corrected chi connectivity index (χ0v) is 18.3. The number of benzene rings is 1. The average Bonchev–Trinajstić information content (AvgIpc) is 3.08. The van der Waals surface area contributed by atoms with E-state index in [1.165, 1.54) is 11.8 Å². The number of hydrogen-bond acceptors (Lipinski definition) is 7. The van der Waals surface area contributed by atoms with E-state index in [1.807, 2.05) is 52.0 Å². The van der Waals surface area contributed by atoms with Gasteiger partial charge in [0.2, 0.25) is 11.8 Å². The van der Waals surface area contributed by atoms with Crippen molar-refractivity contribution >= 4 is 17.7 Å². The Kier molecular flexibility index (Phi) is 10.0. The molecule has 0 spiro atoms. The van der Waals surface area contributed by atoms with E-state index in [0.717, 1.165) is 22.8 Å². The van der Waals surface area contributed by atoms with Crippen molar-refractivity contribution in [1.82, 2.24) is 10.3 Å². The van der Waals surface area contributed by atoms with Crippen LogP contribution in [0.25, 0.3) is 11.5 Å². The summed E-state index contributed by atoms with van der Waals surface area (Å²) >= 11 is 1.49. The number of carbonyl (C=O) groups excluding carboxylic acids is 1. The van der Waals surface area contributed by atoms with E-state index >= 15 is 0 Å². The van der Waals surface area contributed by atoms with E-state index < -0.39 is 6.29 Å². The highest BCUT2D eigenvalue weighted by molar-refractivity contribution is 7.99. The summed E-state index contributed by atoms with van der Waals surface area (Å²) in [7, 11) is 0. The fourth-order valence-corrected chi connectivity index (χ4v) is 3.42. The number of aromatic nitrogens is 1. The van der Waals surface area contributed by atoms with E-state index in [9.17, 15) is 4.79 Å². The maximum atomic E-state index is 12.0. The SMILES string of the molecule is CCOc1ccc(-c2nc(CSCC(=O)NCC(OCC)OCC)c(C)o2)cc1. The first kappa shape index (κ1) is 23.3. The minimum absolute atomic E-state index is 0.0627. The van der Waals surface area contributed by atoms with Crippen LogP contribution in [0.2, 0.25) is 0 Å². The van der Waals surface area contributed by atoms with Crippen LogP contribution in [0.15, 0.2) is 28.7 Å². The third-order valence-electron chi connectivity index (χ3n) is 3.95. The zero-order valence-electron chi connectivity index (χ0n) is 17.5. The highest BCUT2D eigenvalue weighted by Crippen LogP contribution is 2.25. The number of thioether (sulfide) groups is 1. The molecule has 0 radical (unpaired) electrons. The normalized spacial score (nSPS) is 11.1. The monoisotopic (exact) mass is 422 g/mol. The highest BCUT2D eigenvalue weighted by atomic mass is 32.2. The van der Waals surface area contributed by atoms with Crippen LogP contribution >= 0.6 is 11.8 Å². The van der Waals surface area contributed by atoms with Crippen LogP contribution in [0.5, 0.6) is 5.75 Å². The van der Waals surface area contributed by atoms with Crippen LogP contribution in [0.3, 0.4) is 0 Å². The first-order valence-electron chi connectivity index (χ1n) is 9.84. The summed E-state index contributed by atoms with van der Waals surface area (Å²) in [4.78, 5) is 16.6. The Morgan fingerprint density at radius 3 is 2.45 bits per heavy atom. The number of nitrogens with one attached hydrogen (secondary N) is 1. The van der Waals surface area contributed by atoms with Gasteiger partial charge in [-0.3, -0.25) is 4.79 Å². The van der Waals surface area contributed by atoms with Gasteiger partial charge in [-0.2, -0.15) is 0 Å². The molecule has 1 aromatic carbocycles. The lowest BCUT2D eigenvalue weighted by atomic mass is 10.2. The van der Waals surface area contributed by atoms with Gasteiger partial charge < -0.3 is 23.9 Å². The van der Waals surface area contributed by atoms with Gasteiger partial charge in [0.25, 0.3) is 0 Å². The number of ether oxygens (including phenoxy) is 3. The summed E-state index contributed by atoms with van der Waals surface area (Å²) in [5, 5.41) is 2.83. The van der Waals surface area contributed by atoms with E-state index in [0.29, 0.717) is 43.8 Å². The molecule has 1 N–H and O–H groups in total. The van der Waals surface area contributed by atoms with Crippen LogP contribution in [-0.2, 0) is 20.0 Å². The fraction of sp³-hybridized carbons (Fsp3) is 0.524. The predicted molar refractivity (Wildman–Crippen MR) is 114 cm³/mol. The van der Waals surface area contributed by atoms with Crippen molar-refractivity contribution in [2.75, 3.05) is 32.1 Å². The molecule has 0 aliphatic carbocycles. The van der Waals surface area contributed by atoms with Crippen molar-refractivity contribution in [3.63, 3.8) is 0 Å². The van der Waals surface area contributed by atoms with Gasteiger partial charge >= 0.3 is 0 Å². The van der Waals surface area contributed by atoms with Gasteiger partial charge in [0.15, 0.2) is 6.29 Å². The van der Waals surface area contributed by atoms with Gasteiger partial charge in [-0.15, -0.1) is 11.8 Å². The molecule has 0 bridgehead atoms. The van der Waals surface area contributed by atoms with Crippen LogP contribution in [-0.4, -0.2) is 49.3 Å². The molecule has 29 heavy (non-hydrogen) atoms. The number of nitrogens with zero attached hydrogens (tertiary/aromatic N) is 1. The van der Waals surface area contributed by atoms with Crippen LogP contribution in [0, 0.1) is 6.92 Å². The van der Waals surface area contributed by atoms with Crippen molar-refractivity contribution in [3.05, 3.63) is 35.7 Å². The van der Waals surface area contributed by atoms with E-state index in [1.54, 1.807) is 0 Å². The number of hydrogen-bond donors (Lipinski definition) is 1. The summed E-state index contributed by atoms with van der Waals surface area (Å²) in [6, 6.07) is 7.64. The van der Waals surface area contributed by atoms with Crippen molar-refractivity contribution < 1.29 is 23.4 Å². The van der Waals surface area contributed by atoms with Crippen LogP contribution < -0.4 is 10.1 Å². The van der Waals surface area contributed by atoms with Gasteiger partial charge in [-0.1, -0.05) is 0 Å². The molecule has 2 rings (SSSR count). The predicted octanol–water partition coefficient (Wildman–Crippen LogP) is 3.80. The number of rotatable bonds is 13. The summed E-state index contributed by atoms with van der Waals surface area (Å²) in [5.41, 5.74) is 1.73. The summed E-state index contributed by atoms with van der Waals surface area (Å²) in [6.07, 6.45) is -0.409. The number of amides is 1. The van der Waals surface area contributed by atoms with E-state index in [-0.39, 0.29) is 5.91 Å². The third-order valence-corrected chi connectivity index (χ3v) is 4.89. The Hall–Kier alpha value is -2.03. The standard InChI is InChI=1S/C21H30N2O5S/c1-5-25-17-10-8-16(9-11-17)21-23-18(15(4)28-21)13-29-14-19(24)22-12-20(26-6-2)27-7-3/h8-11,20H,5-7,12-14H2,1-4H3,(H,22,24). The minimum Gasteiger partial charge on any atom is -0.494 e. The third kappa shape index (κ3) is 7.72. The Balaban J connectivity index is 1.81. The molecule has 0 saturated carbocycles. The molecule has 0 aliphatic rings. The molecular formula is C21H30N2O5S. The highest BCUT2D eigenvalue weighted by Gasteiger charge is 2.14. The fourth-order valence-electron chi connectivity index (χ4n) is 2.57. The van der Waals surface area contributed by atoms with Gasteiger partial charge in [0.1, 0.15) is 11.5 Å². The van der Waals surface area contributed by atoms with Crippen molar-refractivity contribution in [1.29, 1.82) is 0 Å². The quantitative estimate of drug-likeness (QED) is 0.492. The lowest BCUT2D eigenvalue weighted by Crippen LogP contribution is -2.36. The second-order valence-electron chi connectivity index (χ2n) is 6.12. The van der Waals surface area contributed by atoms with E-state index in [4.69, 9.17) is 18.6 Å². The first-order chi connectivity index (χ1) is 14.1. The molecule has 160 valence electrons. The van der Waals surface area contributed by atoms with Gasteiger partial charge in [-0.25, -0.2) is 4.98 Å². The maximum absolute atomic E-state index is 12.0. The second-order valence-corrected chi connectivity index (χ2v) is 7.10. The smallest absolute Gasteiger partial charge is 0.230 e. The summed E-state index contributed by atoms with van der Waals surface area (Å²) < 4.78 is 22.1. The molecule has 7 nitrogen and oxygen atoms in total. The molecule has 0 fully saturated rings. The average molecular weight is 423 g/mol. The molecule has 0 unspecified atom stereocenters. The number of carbonyl (C=O) groups is 1. The van der Waals surface area contributed by atoms with Crippen molar-refractivity contribution in [2.45, 2.75) is 39.7 Å². The molecule has 0 saturated heterocycles. The summed E-state index contributed by atoms with van der Waals surface area (Å²) in [6.45, 7) is 9.67. The molecule has 0 aliphatic heterocycles. The first-order valence-corrected chi connectivity index (χ1v) is 11.0. The number of oxazole rings is 1. The van der Waals surface area contributed by atoms with Crippen LogP contribution in [0.1, 0.15) is 32.2 Å². The molecule has 1 heterocycles. The maximum Gasteiger partial charge on any atom is 0.230 e. The Morgan fingerprint density at radius 2 is 1.83 bits per heavy atom. The van der Waals surface area contributed by atoms with Gasteiger partial charge in [-0.05, 0) is 52.0 Å². The number of aryl methyl sites for hydroxylation is 1. The minimum atomic E-state index is -0.409. The molecule has 0 atom stereocenters.